The average molecular weight is 298 g/mol. The number of aliphatic carboxylic acids is 1. The van der Waals surface area contributed by atoms with Crippen LogP contribution in [0.3, 0.4) is 0 Å². The van der Waals surface area contributed by atoms with Crippen LogP contribution in [-0.4, -0.2) is 41.6 Å². The Bertz CT molecular complexity index is 333. The molecule has 0 bridgehead atoms. The lowest BCUT2D eigenvalue weighted by atomic mass is 9.97. The number of carboxylic acids is 1. The third kappa shape index (κ3) is 6.36. The summed E-state index contributed by atoms with van der Waals surface area (Å²) in [5.74, 6) is -0.658. The first-order chi connectivity index (χ1) is 10.1. The Kier molecular flexibility index (Phi) is 8.16. The number of carboxylic acid groups (broad SMARTS) is 1. The molecular weight excluding hydrogens is 268 g/mol. The molecule has 1 aliphatic rings. The maximum Gasteiger partial charge on any atom is 0.317 e. The van der Waals surface area contributed by atoms with Crippen molar-refractivity contribution in [2.45, 2.75) is 58.8 Å². The molecule has 1 saturated heterocycles. The summed E-state index contributed by atoms with van der Waals surface area (Å²) in [6.07, 6.45) is 7.26. The molecule has 122 valence electrons. The van der Waals surface area contributed by atoms with Gasteiger partial charge in [-0.1, -0.05) is 33.1 Å². The fourth-order valence-corrected chi connectivity index (χ4v) is 2.96. The Hall–Kier alpha value is -1.26. The minimum atomic E-state index is -0.792. The number of carbonyl (C=O) groups excluding carboxylic acids is 1. The van der Waals surface area contributed by atoms with Crippen LogP contribution in [0, 0.1) is 11.8 Å². The monoisotopic (exact) mass is 298 g/mol. The average Bonchev–Trinajstić information content (AvgIpc) is 2.49. The highest BCUT2D eigenvalue weighted by Gasteiger charge is 2.28. The van der Waals surface area contributed by atoms with Gasteiger partial charge in [0.15, 0.2) is 0 Å². The lowest BCUT2D eigenvalue weighted by Gasteiger charge is -2.31. The largest absolute Gasteiger partial charge is 0.481 e. The summed E-state index contributed by atoms with van der Waals surface area (Å²) in [6, 6.07) is -0.0986. The van der Waals surface area contributed by atoms with E-state index < -0.39 is 11.9 Å². The van der Waals surface area contributed by atoms with E-state index in [0.29, 0.717) is 32.0 Å². The summed E-state index contributed by atoms with van der Waals surface area (Å²) in [7, 11) is 0. The maximum absolute atomic E-state index is 12.2. The summed E-state index contributed by atoms with van der Waals surface area (Å²) >= 11 is 0. The van der Waals surface area contributed by atoms with Crippen molar-refractivity contribution in [2.75, 3.05) is 19.6 Å². The predicted molar refractivity (Wildman–Crippen MR) is 83.3 cm³/mol. The molecule has 2 unspecified atom stereocenters. The number of nitrogens with one attached hydrogen (secondary N) is 1. The Morgan fingerprint density at radius 3 is 2.67 bits per heavy atom. The molecule has 0 radical (unpaired) electrons. The number of urea groups is 1. The van der Waals surface area contributed by atoms with Crippen LogP contribution < -0.4 is 5.32 Å². The molecular formula is C16H30N2O3. The number of rotatable bonds is 8. The van der Waals surface area contributed by atoms with E-state index in [1.54, 1.807) is 4.90 Å². The van der Waals surface area contributed by atoms with Gasteiger partial charge in [-0.25, -0.2) is 4.79 Å². The maximum atomic E-state index is 12.2. The molecule has 0 spiro atoms. The lowest BCUT2D eigenvalue weighted by molar-refractivity contribution is -0.143. The molecule has 2 amide bonds. The minimum absolute atomic E-state index is 0.0986. The minimum Gasteiger partial charge on any atom is -0.481 e. The second kappa shape index (κ2) is 9.64. The Labute approximate surface area is 128 Å². The third-order valence-corrected chi connectivity index (χ3v) is 4.26. The van der Waals surface area contributed by atoms with Crippen LogP contribution in [0.4, 0.5) is 4.79 Å². The van der Waals surface area contributed by atoms with E-state index in [1.807, 2.05) is 0 Å². The number of likely N-dealkylation sites (tertiary alicyclic amines) is 1. The van der Waals surface area contributed by atoms with Gasteiger partial charge in [0.05, 0.1) is 5.92 Å². The molecule has 0 aromatic carbocycles. The second-order valence-electron chi connectivity index (χ2n) is 6.11. The Morgan fingerprint density at radius 1 is 1.29 bits per heavy atom. The number of nitrogens with zero attached hydrogens (tertiary/aromatic N) is 1. The van der Waals surface area contributed by atoms with Gasteiger partial charge in [0.2, 0.25) is 0 Å². The molecule has 21 heavy (non-hydrogen) atoms. The number of hydrogen-bond donors (Lipinski definition) is 2. The van der Waals surface area contributed by atoms with E-state index in [-0.39, 0.29) is 6.03 Å². The lowest BCUT2D eigenvalue weighted by Crippen LogP contribution is -2.48. The molecule has 1 heterocycles. The van der Waals surface area contributed by atoms with Crippen LogP contribution in [0.5, 0.6) is 0 Å². The number of carbonyl (C=O) groups is 2. The summed E-state index contributed by atoms with van der Waals surface area (Å²) in [4.78, 5) is 24.9. The van der Waals surface area contributed by atoms with Gasteiger partial charge in [-0.2, -0.15) is 0 Å². The van der Waals surface area contributed by atoms with Crippen LogP contribution >= 0.6 is 0 Å². The highest BCUT2D eigenvalue weighted by atomic mass is 16.4. The van der Waals surface area contributed by atoms with Crippen molar-refractivity contribution in [1.29, 1.82) is 0 Å². The van der Waals surface area contributed by atoms with Gasteiger partial charge in [0.1, 0.15) is 0 Å². The Morgan fingerprint density at radius 2 is 2.05 bits per heavy atom. The predicted octanol–water partition coefficient (Wildman–Crippen LogP) is 3.10. The van der Waals surface area contributed by atoms with Crippen molar-refractivity contribution >= 4 is 12.0 Å². The summed E-state index contributed by atoms with van der Waals surface area (Å²) < 4.78 is 0. The van der Waals surface area contributed by atoms with Gasteiger partial charge in [-0.05, 0) is 31.6 Å². The smallest absolute Gasteiger partial charge is 0.317 e. The second-order valence-corrected chi connectivity index (χ2v) is 6.11. The van der Waals surface area contributed by atoms with Gasteiger partial charge in [0, 0.05) is 19.6 Å². The highest BCUT2D eigenvalue weighted by molar-refractivity contribution is 5.76. The molecule has 5 nitrogen and oxygen atoms in total. The van der Waals surface area contributed by atoms with Crippen molar-refractivity contribution in [1.82, 2.24) is 10.2 Å². The molecule has 2 N–H and O–H groups in total. The quantitative estimate of drug-likeness (QED) is 0.723. The van der Waals surface area contributed by atoms with Crippen molar-refractivity contribution in [3.63, 3.8) is 0 Å². The van der Waals surface area contributed by atoms with E-state index in [4.69, 9.17) is 5.11 Å². The van der Waals surface area contributed by atoms with E-state index in [2.05, 4.69) is 19.2 Å². The first-order valence-electron chi connectivity index (χ1n) is 8.34. The molecule has 1 fully saturated rings. The van der Waals surface area contributed by atoms with Crippen molar-refractivity contribution in [2.24, 2.45) is 11.8 Å². The number of amides is 2. The number of hydrogen-bond acceptors (Lipinski definition) is 2. The van der Waals surface area contributed by atoms with Crippen molar-refractivity contribution in [3.05, 3.63) is 0 Å². The summed E-state index contributed by atoms with van der Waals surface area (Å²) in [6.45, 7) is 6.07. The van der Waals surface area contributed by atoms with Crippen molar-refractivity contribution in [3.8, 4) is 0 Å². The van der Waals surface area contributed by atoms with Gasteiger partial charge < -0.3 is 15.3 Å². The normalized spacial score (nSPS) is 20.1. The summed E-state index contributed by atoms with van der Waals surface area (Å²) in [5, 5.41) is 12.1. The highest BCUT2D eigenvalue weighted by Crippen LogP contribution is 2.17. The van der Waals surface area contributed by atoms with Crippen LogP contribution in [-0.2, 0) is 4.79 Å². The molecule has 1 rings (SSSR count). The molecule has 5 heteroatoms. The number of piperidine rings is 1. The Balaban J connectivity index is 2.38. The summed E-state index contributed by atoms with van der Waals surface area (Å²) in [5.41, 5.74) is 0. The zero-order chi connectivity index (χ0) is 15.7. The van der Waals surface area contributed by atoms with E-state index in [1.165, 1.54) is 12.8 Å². The first kappa shape index (κ1) is 17.8. The van der Waals surface area contributed by atoms with Gasteiger partial charge in [0.25, 0.3) is 0 Å². The van der Waals surface area contributed by atoms with Crippen LogP contribution in [0.2, 0.25) is 0 Å². The third-order valence-electron chi connectivity index (χ3n) is 4.26. The van der Waals surface area contributed by atoms with Crippen molar-refractivity contribution < 1.29 is 14.7 Å². The topological polar surface area (TPSA) is 69.6 Å². The number of unbranched alkanes of at least 4 members (excludes halogenated alkanes) is 1. The van der Waals surface area contributed by atoms with E-state index in [0.717, 1.165) is 25.7 Å². The van der Waals surface area contributed by atoms with Crippen LogP contribution in [0.1, 0.15) is 58.8 Å². The first-order valence-corrected chi connectivity index (χ1v) is 8.34. The van der Waals surface area contributed by atoms with Gasteiger partial charge in [-0.3, -0.25) is 4.79 Å². The fourth-order valence-electron chi connectivity index (χ4n) is 2.96. The van der Waals surface area contributed by atoms with Crippen LogP contribution in [0.25, 0.3) is 0 Å². The van der Waals surface area contributed by atoms with Gasteiger partial charge >= 0.3 is 12.0 Å². The van der Waals surface area contributed by atoms with Gasteiger partial charge in [-0.15, -0.1) is 0 Å². The van der Waals surface area contributed by atoms with E-state index >= 15 is 0 Å². The molecule has 0 aromatic rings. The molecule has 0 saturated carbocycles. The molecule has 0 aliphatic carbocycles. The standard InChI is InChI=1S/C16H30N2O3/c1-3-5-8-13(7-4-2)11-17-16(21)18-10-6-9-14(12-18)15(19)20/h13-14H,3-12H2,1-2H3,(H,17,21)(H,19,20). The molecule has 0 aromatic heterocycles. The fraction of sp³-hybridized carbons (Fsp3) is 0.875. The SMILES string of the molecule is CCCCC(CCC)CNC(=O)N1CCCC(C(=O)O)C1. The van der Waals surface area contributed by atoms with Crippen LogP contribution in [0.15, 0.2) is 0 Å². The molecule has 2 atom stereocenters. The molecule has 1 aliphatic heterocycles. The zero-order valence-corrected chi connectivity index (χ0v) is 13.4. The zero-order valence-electron chi connectivity index (χ0n) is 13.4. The van der Waals surface area contributed by atoms with E-state index in [9.17, 15) is 9.59 Å².